The van der Waals surface area contributed by atoms with Crippen molar-refractivity contribution < 1.29 is 18.9 Å². The van der Waals surface area contributed by atoms with Crippen LogP contribution in [-0.2, 0) is 14.1 Å². The van der Waals surface area contributed by atoms with E-state index in [1.54, 1.807) is 0 Å². The van der Waals surface area contributed by atoms with Crippen LogP contribution < -0.4 is 0 Å². The quantitative estimate of drug-likeness (QED) is 0.190. The van der Waals surface area contributed by atoms with E-state index in [1.807, 2.05) is 32.9 Å². The first kappa shape index (κ1) is 25.8. The maximum atomic E-state index is 14.2. The topological polar surface area (TPSA) is 60.4 Å². The van der Waals surface area contributed by atoms with Gasteiger partial charge in [0.15, 0.2) is 7.14 Å². The van der Waals surface area contributed by atoms with Gasteiger partial charge in [0.05, 0.1) is 6.61 Å². The fourth-order valence-corrected chi connectivity index (χ4v) is 8.02. The molecular weight excluding hydrogens is 407 g/mol. The molecule has 1 aliphatic carbocycles. The van der Waals surface area contributed by atoms with Crippen LogP contribution in [0.5, 0.6) is 0 Å². The van der Waals surface area contributed by atoms with E-state index in [-0.39, 0.29) is 17.3 Å². The minimum absolute atomic E-state index is 0.199. The second kappa shape index (κ2) is 12.6. The lowest BCUT2D eigenvalue weighted by molar-refractivity contribution is -0.140. The van der Waals surface area contributed by atoms with Crippen LogP contribution in [0.1, 0.15) is 105 Å². The van der Waals surface area contributed by atoms with Crippen molar-refractivity contribution in [3.8, 4) is 0 Å². The van der Waals surface area contributed by atoms with Gasteiger partial charge in [0.1, 0.15) is 6.16 Å². The molecule has 0 aliphatic heterocycles. The van der Waals surface area contributed by atoms with Gasteiger partial charge >= 0.3 is 5.97 Å². The molecule has 5 heteroatoms. The summed E-state index contributed by atoms with van der Waals surface area (Å²) in [5.74, 6) is -0.474. The number of carbonyl (C=O) groups is 2. The Labute approximate surface area is 188 Å². The van der Waals surface area contributed by atoms with Gasteiger partial charge in [-0.3, -0.25) is 9.59 Å². The van der Waals surface area contributed by atoms with E-state index in [0.29, 0.717) is 12.2 Å². The molecule has 1 unspecified atom stereocenters. The molecule has 4 nitrogen and oxygen atoms in total. The van der Waals surface area contributed by atoms with Crippen molar-refractivity contribution in [2.75, 3.05) is 12.8 Å². The Hall–Kier alpha value is -1.41. The minimum atomic E-state index is -3.42. The molecule has 31 heavy (non-hydrogen) atoms. The highest BCUT2D eigenvalue weighted by atomic mass is 31.2. The summed E-state index contributed by atoms with van der Waals surface area (Å²) in [6.45, 7) is 8.33. The second-order valence-electron chi connectivity index (χ2n) is 9.31. The zero-order valence-electron chi connectivity index (χ0n) is 20.0. The van der Waals surface area contributed by atoms with Crippen LogP contribution in [0.3, 0.4) is 0 Å². The van der Waals surface area contributed by atoms with Crippen LogP contribution in [-0.4, -0.2) is 29.9 Å². The largest absolute Gasteiger partial charge is 0.465 e. The lowest BCUT2D eigenvalue weighted by Crippen LogP contribution is -2.25. The molecule has 1 aliphatic rings. The Morgan fingerprint density at radius 1 is 0.935 bits per heavy atom. The van der Waals surface area contributed by atoms with Crippen molar-refractivity contribution >= 4 is 18.6 Å². The standard InChI is InChI=1S/C26H41O4P/c1-5-6-7-8-9-13-16-30-24(27)19-31(29,23-14-11-10-12-15-23)26(28)25-21(3)17-20(2)18-22(25)4/h17-18,23H,5-16,19H2,1-4H3. The summed E-state index contributed by atoms with van der Waals surface area (Å²) in [7, 11) is -3.42. The molecule has 1 saturated carbocycles. The lowest BCUT2D eigenvalue weighted by Gasteiger charge is -2.30. The molecule has 0 saturated heterocycles. The molecule has 0 bridgehead atoms. The molecule has 0 aromatic heterocycles. The maximum absolute atomic E-state index is 14.2. The maximum Gasteiger partial charge on any atom is 0.313 e. The van der Waals surface area contributed by atoms with E-state index in [4.69, 9.17) is 4.74 Å². The van der Waals surface area contributed by atoms with Crippen LogP contribution in [0, 0.1) is 20.8 Å². The Kier molecular flexibility index (Phi) is 10.5. The van der Waals surface area contributed by atoms with Crippen LogP contribution in [0.2, 0.25) is 0 Å². The average Bonchev–Trinajstić information content (AvgIpc) is 2.72. The van der Waals surface area contributed by atoms with Gasteiger partial charge in [-0.05, 0) is 51.2 Å². The summed E-state index contributed by atoms with van der Waals surface area (Å²) >= 11 is 0. The SMILES string of the molecule is CCCCCCCCOC(=O)CP(=O)(C(=O)c1c(C)cc(C)cc1C)C1CCCCC1. The number of hydrogen-bond acceptors (Lipinski definition) is 4. The zero-order chi connectivity index (χ0) is 22.9. The van der Waals surface area contributed by atoms with Crippen molar-refractivity contribution in [2.45, 2.75) is 104 Å². The first-order chi connectivity index (χ1) is 14.8. The molecule has 1 aromatic rings. The van der Waals surface area contributed by atoms with E-state index in [9.17, 15) is 14.2 Å². The Morgan fingerprint density at radius 2 is 1.52 bits per heavy atom. The Bertz CT molecular complexity index is 770. The summed E-state index contributed by atoms with van der Waals surface area (Å²) in [4.78, 5) is 26.3. The van der Waals surface area contributed by atoms with Crippen molar-refractivity contribution in [3.63, 3.8) is 0 Å². The van der Waals surface area contributed by atoms with Crippen molar-refractivity contribution in [2.24, 2.45) is 0 Å². The number of hydrogen-bond donors (Lipinski definition) is 0. The van der Waals surface area contributed by atoms with Gasteiger partial charge in [-0.15, -0.1) is 0 Å². The number of carbonyl (C=O) groups excluding carboxylic acids is 2. The summed E-state index contributed by atoms with van der Waals surface area (Å²) in [6, 6.07) is 3.92. The molecule has 0 heterocycles. The molecule has 0 spiro atoms. The van der Waals surface area contributed by atoms with E-state index < -0.39 is 13.1 Å². The number of benzene rings is 1. The van der Waals surface area contributed by atoms with Gasteiger partial charge in [0.25, 0.3) is 0 Å². The molecule has 174 valence electrons. The Morgan fingerprint density at radius 3 is 2.13 bits per heavy atom. The van der Waals surface area contributed by atoms with Crippen molar-refractivity contribution in [3.05, 3.63) is 34.4 Å². The summed E-state index contributed by atoms with van der Waals surface area (Å²) < 4.78 is 19.7. The van der Waals surface area contributed by atoms with Crippen LogP contribution in [0.4, 0.5) is 0 Å². The normalized spacial score (nSPS) is 16.6. The molecule has 1 fully saturated rings. The highest BCUT2D eigenvalue weighted by Crippen LogP contribution is 2.58. The van der Waals surface area contributed by atoms with Gasteiger partial charge < -0.3 is 9.30 Å². The summed E-state index contributed by atoms with van der Waals surface area (Å²) in [5.41, 5.74) is 2.81. The molecular formula is C26H41O4P. The fraction of sp³-hybridized carbons (Fsp3) is 0.692. The van der Waals surface area contributed by atoms with Crippen LogP contribution in [0.15, 0.2) is 12.1 Å². The lowest BCUT2D eigenvalue weighted by atomic mass is 10.0. The third-order valence-corrected chi connectivity index (χ3v) is 9.86. The van der Waals surface area contributed by atoms with Gasteiger partial charge in [0.2, 0.25) is 5.52 Å². The highest BCUT2D eigenvalue weighted by molar-refractivity contribution is 7.82. The van der Waals surface area contributed by atoms with Crippen molar-refractivity contribution in [1.82, 2.24) is 0 Å². The predicted molar refractivity (Wildman–Crippen MR) is 129 cm³/mol. The predicted octanol–water partition coefficient (Wildman–Crippen LogP) is 7.35. The highest BCUT2D eigenvalue weighted by Gasteiger charge is 2.44. The summed E-state index contributed by atoms with van der Waals surface area (Å²) in [6.07, 6.45) is 11.0. The van der Waals surface area contributed by atoms with E-state index in [2.05, 4.69) is 6.92 Å². The van der Waals surface area contributed by atoms with Gasteiger partial charge in [-0.2, -0.15) is 0 Å². The number of esters is 1. The van der Waals surface area contributed by atoms with Crippen LogP contribution in [0.25, 0.3) is 0 Å². The Balaban J connectivity index is 2.11. The fourth-order valence-electron chi connectivity index (χ4n) is 4.88. The van der Waals surface area contributed by atoms with Crippen LogP contribution >= 0.6 is 7.14 Å². The van der Waals surface area contributed by atoms with Gasteiger partial charge in [-0.1, -0.05) is 76.0 Å². The monoisotopic (exact) mass is 448 g/mol. The van der Waals surface area contributed by atoms with E-state index in [0.717, 1.165) is 68.1 Å². The van der Waals surface area contributed by atoms with Gasteiger partial charge in [-0.25, -0.2) is 0 Å². The molecule has 1 atom stereocenters. The first-order valence-corrected chi connectivity index (χ1v) is 14.1. The van der Waals surface area contributed by atoms with Gasteiger partial charge in [0, 0.05) is 11.2 Å². The number of ether oxygens (including phenoxy) is 1. The van der Waals surface area contributed by atoms with E-state index >= 15 is 0 Å². The zero-order valence-corrected chi connectivity index (χ0v) is 20.9. The summed E-state index contributed by atoms with van der Waals surface area (Å²) in [5, 5.41) is 0. The average molecular weight is 449 g/mol. The molecule has 0 amide bonds. The molecule has 0 radical (unpaired) electrons. The number of aryl methyl sites for hydroxylation is 3. The molecule has 1 aromatic carbocycles. The smallest absolute Gasteiger partial charge is 0.313 e. The van der Waals surface area contributed by atoms with E-state index in [1.165, 1.54) is 19.3 Å². The molecule has 2 rings (SSSR count). The minimum Gasteiger partial charge on any atom is -0.465 e. The molecule has 0 N–H and O–H groups in total. The third-order valence-electron chi connectivity index (χ3n) is 6.52. The second-order valence-corrected chi connectivity index (χ2v) is 12.4. The number of unbranched alkanes of at least 4 members (excludes halogenated alkanes) is 5. The van der Waals surface area contributed by atoms with Crippen molar-refractivity contribution in [1.29, 1.82) is 0 Å². The first-order valence-electron chi connectivity index (χ1n) is 12.2. The number of rotatable bonds is 12. The third kappa shape index (κ3) is 7.31.